The number of hydrogen-bond acceptors (Lipinski definition) is 5. The molecule has 17 heavy (non-hydrogen) atoms. The Kier molecular flexibility index (Phi) is 5.22. The zero-order valence-corrected chi connectivity index (χ0v) is 9.69. The molecule has 0 aliphatic carbocycles. The Morgan fingerprint density at radius 3 is 2.71 bits per heavy atom. The molecule has 1 aromatic rings. The molecule has 1 aromatic carbocycles. The van der Waals surface area contributed by atoms with E-state index in [1.54, 1.807) is 12.1 Å². The van der Waals surface area contributed by atoms with Crippen LogP contribution in [0.2, 0.25) is 0 Å². The number of nitrogen functional groups attached to an aromatic ring is 1. The molecule has 94 valence electrons. The molecule has 0 saturated heterocycles. The molecule has 0 heterocycles. The van der Waals surface area contributed by atoms with Crippen molar-refractivity contribution in [2.24, 2.45) is 5.73 Å². The van der Waals surface area contributed by atoms with Crippen molar-refractivity contribution in [1.82, 2.24) is 0 Å². The van der Waals surface area contributed by atoms with Gasteiger partial charge in [0.15, 0.2) is 0 Å². The molecule has 6 nitrogen and oxygen atoms in total. The molecule has 0 fully saturated rings. The smallest absolute Gasteiger partial charge is 0.294 e. The largest absolute Gasteiger partial charge is 0.399 e. The van der Waals surface area contributed by atoms with Gasteiger partial charge in [-0.3, -0.25) is 10.1 Å². The predicted molar refractivity (Wildman–Crippen MR) is 68.9 cm³/mol. The van der Waals surface area contributed by atoms with Crippen LogP contribution < -0.4 is 16.8 Å². The molecule has 0 atom stereocenters. The molecule has 0 bridgehead atoms. The van der Waals surface area contributed by atoms with Gasteiger partial charge in [-0.1, -0.05) is 6.42 Å². The Labute approximate surface area is 100 Å². The highest BCUT2D eigenvalue weighted by Crippen LogP contribution is 2.26. The lowest BCUT2D eigenvalue weighted by Gasteiger charge is -2.07. The van der Waals surface area contributed by atoms with Gasteiger partial charge < -0.3 is 16.8 Å². The first-order chi connectivity index (χ1) is 8.15. The highest BCUT2D eigenvalue weighted by atomic mass is 16.6. The lowest BCUT2D eigenvalue weighted by molar-refractivity contribution is -0.383. The maximum absolute atomic E-state index is 10.8. The molecule has 0 radical (unpaired) electrons. The minimum absolute atomic E-state index is 0.0174. The number of anilines is 2. The second-order valence-electron chi connectivity index (χ2n) is 3.81. The molecule has 0 unspecified atom stereocenters. The summed E-state index contributed by atoms with van der Waals surface area (Å²) in [6.07, 6.45) is 2.94. The number of nitrogens with one attached hydrogen (secondary N) is 1. The van der Waals surface area contributed by atoms with Crippen LogP contribution in [0.3, 0.4) is 0 Å². The van der Waals surface area contributed by atoms with Crippen LogP contribution in [0, 0.1) is 10.1 Å². The van der Waals surface area contributed by atoms with Crippen molar-refractivity contribution in [2.45, 2.75) is 19.3 Å². The standard InChI is InChI=1S/C11H18N4O2/c12-6-2-1-3-7-14-10-5-4-9(13)8-11(10)15(16)17/h4-5,8,14H,1-3,6-7,12-13H2. The van der Waals surface area contributed by atoms with E-state index in [2.05, 4.69) is 5.32 Å². The average Bonchev–Trinajstić information content (AvgIpc) is 2.30. The summed E-state index contributed by atoms with van der Waals surface area (Å²) in [4.78, 5) is 10.4. The van der Waals surface area contributed by atoms with E-state index in [1.807, 2.05) is 0 Å². The normalized spacial score (nSPS) is 10.2. The lowest BCUT2D eigenvalue weighted by Crippen LogP contribution is -2.06. The molecule has 0 aliphatic rings. The number of benzene rings is 1. The third-order valence-electron chi connectivity index (χ3n) is 2.41. The van der Waals surface area contributed by atoms with Gasteiger partial charge in [0.05, 0.1) is 4.92 Å². The van der Waals surface area contributed by atoms with Crippen LogP contribution in [-0.2, 0) is 0 Å². The van der Waals surface area contributed by atoms with Crippen LogP contribution >= 0.6 is 0 Å². The minimum Gasteiger partial charge on any atom is -0.399 e. The van der Waals surface area contributed by atoms with E-state index in [4.69, 9.17) is 11.5 Å². The van der Waals surface area contributed by atoms with Crippen molar-refractivity contribution in [3.63, 3.8) is 0 Å². The Hall–Kier alpha value is -1.82. The summed E-state index contributed by atoms with van der Waals surface area (Å²) in [7, 11) is 0. The SMILES string of the molecule is NCCCCCNc1ccc(N)cc1[N+](=O)[O-]. The van der Waals surface area contributed by atoms with Crippen LogP contribution in [0.4, 0.5) is 17.1 Å². The molecule has 5 N–H and O–H groups in total. The molecular formula is C11H18N4O2. The fourth-order valence-electron chi connectivity index (χ4n) is 1.52. The highest BCUT2D eigenvalue weighted by Gasteiger charge is 2.12. The Morgan fingerprint density at radius 1 is 1.29 bits per heavy atom. The first kappa shape index (κ1) is 13.2. The molecule has 1 rings (SSSR count). The van der Waals surface area contributed by atoms with E-state index in [0.717, 1.165) is 19.3 Å². The van der Waals surface area contributed by atoms with Crippen molar-refractivity contribution in [3.8, 4) is 0 Å². The van der Waals surface area contributed by atoms with Crippen molar-refractivity contribution in [2.75, 3.05) is 24.1 Å². The summed E-state index contributed by atoms with van der Waals surface area (Å²) < 4.78 is 0. The summed E-state index contributed by atoms with van der Waals surface area (Å²) in [5, 5.41) is 13.8. The number of rotatable bonds is 7. The Bertz CT molecular complexity index is 382. The number of nitro groups is 1. The summed E-state index contributed by atoms with van der Waals surface area (Å²) in [5.41, 5.74) is 11.8. The maximum atomic E-state index is 10.8. The second-order valence-corrected chi connectivity index (χ2v) is 3.81. The van der Waals surface area contributed by atoms with Crippen molar-refractivity contribution >= 4 is 17.1 Å². The van der Waals surface area contributed by atoms with E-state index in [-0.39, 0.29) is 5.69 Å². The van der Waals surface area contributed by atoms with Gasteiger partial charge in [0.25, 0.3) is 5.69 Å². The highest BCUT2D eigenvalue weighted by molar-refractivity contribution is 5.66. The molecule has 6 heteroatoms. The van der Waals surface area contributed by atoms with Gasteiger partial charge in [-0.05, 0) is 31.5 Å². The van der Waals surface area contributed by atoms with Gasteiger partial charge in [0, 0.05) is 18.3 Å². The van der Waals surface area contributed by atoms with Crippen molar-refractivity contribution in [1.29, 1.82) is 0 Å². The molecule has 0 saturated carbocycles. The number of nitrogens with two attached hydrogens (primary N) is 2. The second kappa shape index (κ2) is 6.70. The van der Waals surface area contributed by atoms with Crippen LogP contribution in [0.25, 0.3) is 0 Å². The Balaban J connectivity index is 2.55. The summed E-state index contributed by atoms with van der Waals surface area (Å²) in [5.74, 6) is 0. The fraction of sp³-hybridized carbons (Fsp3) is 0.455. The van der Waals surface area contributed by atoms with Crippen LogP contribution in [0.1, 0.15) is 19.3 Å². The van der Waals surface area contributed by atoms with Gasteiger partial charge in [0.1, 0.15) is 5.69 Å². The third kappa shape index (κ3) is 4.28. The molecule has 0 aromatic heterocycles. The van der Waals surface area contributed by atoms with E-state index in [9.17, 15) is 10.1 Å². The Morgan fingerprint density at radius 2 is 2.06 bits per heavy atom. The average molecular weight is 238 g/mol. The van der Waals surface area contributed by atoms with E-state index in [1.165, 1.54) is 6.07 Å². The van der Waals surface area contributed by atoms with Gasteiger partial charge in [-0.25, -0.2) is 0 Å². The zero-order chi connectivity index (χ0) is 12.7. The van der Waals surface area contributed by atoms with Crippen LogP contribution in [0.15, 0.2) is 18.2 Å². The van der Waals surface area contributed by atoms with E-state index in [0.29, 0.717) is 24.5 Å². The van der Waals surface area contributed by atoms with Crippen LogP contribution in [-0.4, -0.2) is 18.0 Å². The summed E-state index contributed by atoms with van der Waals surface area (Å²) in [6.45, 7) is 1.38. The molecule has 0 spiro atoms. The number of hydrogen-bond donors (Lipinski definition) is 3. The lowest BCUT2D eigenvalue weighted by atomic mass is 10.2. The monoisotopic (exact) mass is 238 g/mol. The first-order valence-electron chi connectivity index (χ1n) is 5.63. The van der Waals surface area contributed by atoms with Crippen molar-refractivity contribution < 1.29 is 4.92 Å². The molecular weight excluding hydrogens is 220 g/mol. The van der Waals surface area contributed by atoms with Crippen molar-refractivity contribution in [3.05, 3.63) is 28.3 Å². The third-order valence-corrected chi connectivity index (χ3v) is 2.41. The quantitative estimate of drug-likeness (QED) is 0.290. The number of nitro benzene ring substituents is 1. The summed E-state index contributed by atoms with van der Waals surface area (Å²) >= 11 is 0. The zero-order valence-electron chi connectivity index (χ0n) is 9.69. The molecule has 0 amide bonds. The minimum atomic E-state index is -0.432. The molecule has 0 aliphatic heterocycles. The maximum Gasteiger partial charge on any atom is 0.294 e. The van der Waals surface area contributed by atoms with Gasteiger partial charge in [0.2, 0.25) is 0 Å². The van der Waals surface area contributed by atoms with Gasteiger partial charge >= 0.3 is 0 Å². The topological polar surface area (TPSA) is 107 Å². The van der Waals surface area contributed by atoms with E-state index >= 15 is 0 Å². The summed E-state index contributed by atoms with van der Waals surface area (Å²) in [6, 6.07) is 4.65. The number of nitrogens with zero attached hydrogens (tertiary/aromatic N) is 1. The fourth-order valence-corrected chi connectivity index (χ4v) is 1.52. The van der Waals surface area contributed by atoms with E-state index < -0.39 is 4.92 Å². The van der Waals surface area contributed by atoms with Gasteiger partial charge in [-0.2, -0.15) is 0 Å². The predicted octanol–water partition coefficient (Wildman–Crippen LogP) is 1.72. The van der Waals surface area contributed by atoms with Gasteiger partial charge in [-0.15, -0.1) is 0 Å². The first-order valence-corrected chi connectivity index (χ1v) is 5.63. The van der Waals surface area contributed by atoms with Crippen LogP contribution in [0.5, 0.6) is 0 Å². The number of unbranched alkanes of at least 4 members (excludes halogenated alkanes) is 2.